The molecule has 1 saturated heterocycles. The van der Waals surface area contributed by atoms with Crippen molar-refractivity contribution in [1.29, 1.82) is 0 Å². The van der Waals surface area contributed by atoms with Crippen LogP contribution < -0.4 is 10.6 Å². The summed E-state index contributed by atoms with van der Waals surface area (Å²) in [6.07, 6.45) is 1.70. The highest BCUT2D eigenvalue weighted by atomic mass is 16.5. The van der Waals surface area contributed by atoms with Gasteiger partial charge in [-0.15, -0.1) is 0 Å². The van der Waals surface area contributed by atoms with E-state index < -0.39 is 12.0 Å². The molecule has 0 aromatic heterocycles. The number of ether oxygens (including phenoxy) is 1. The highest BCUT2D eigenvalue weighted by Gasteiger charge is 2.33. The quantitative estimate of drug-likeness (QED) is 0.503. The third-order valence-electron chi connectivity index (χ3n) is 4.24. The molecule has 0 radical (unpaired) electrons. The maximum absolute atomic E-state index is 12.2. The average molecular weight is 361 g/mol. The van der Waals surface area contributed by atoms with E-state index in [2.05, 4.69) is 10.6 Å². The number of esters is 1. The van der Waals surface area contributed by atoms with Gasteiger partial charge in [0.25, 0.3) is 0 Å². The molecule has 1 fully saturated rings. The van der Waals surface area contributed by atoms with Gasteiger partial charge in [-0.25, -0.2) is 0 Å². The van der Waals surface area contributed by atoms with Crippen molar-refractivity contribution in [2.75, 3.05) is 26.2 Å². The minimum absolute atomic E-state index is 0.0402. The molecule has 26 heavy (non-hydrogen) atoms. The number of carbonyl (C=O) groups is 3. The largest absolute Gasteiger partial charge is 0.466 e. The molecule has 142 valence electrons. The number of nitrogens with one attached hydrogen (secondary N) is 2. The van der Waals surface area contributed by atoms with Crippen LogP contribution in [-0.4, -0.2) is 55.0 Å². The van der Waals surface area contributed by atoms with Gasteiger partial charge in [-0.05, 0) is 12.0 Å². The molecule has 1 heterocycles. The Kier molecular flexibility index (Phi) is 8.08. The van der Waals surface area contributed by atoms with Gasteiger partial charge in [0.2, 0.25) is 11.8 Å². The van der Waals surface area contributed by atoms with Gasteiger partial charge in [0.15, 0.2) is 0 Å². The Morgan fingerprint density at radius 1 is 1.31 bits per heavy atom. The van der Waals surface area contributed by atoms with Gasteiger partial charge in [-0.3, -0.25) is 19.3 Å². The molecular formula is C19H27N3O4. The first kappa shape index (κ1) is 19.9. The molecule has 1 atom stereocenters. The van der Waals surface area contributed by atoms with Crippen LogP contribution in [-0.2, 0) is 25.7 Å². The summed E-state index contributed by atoms with van der Waals surface area (Å²) in [7, 11) is 0. The minimum atomic E-state index is -0.666. The third-order valence-corrected chi connectivity index (χ3v) is 4.24. The number of benzene rings is 1. The van der Waals surface area contributed by atoms with Gasteiger partial charge < -0.3 is 15.4 Å². The van der Waals surface area contributed by atoms with Crippen LogP contribution in [0.2, 0.25) is 0 Å². The lowest BCUT2D eigenvalue weighted by molar-refractivity contribution is -0.149. The van der Waals surface area contributed by atoms with Crippen molar-refractivity contribution in [3.63, 3.8) is 0 Å². The summed E-state index contributed by atoms with van der Waals surface area (Å²) in [6.45, 7) is 3.87. The molecule has 1 aliphatic rings. The van der Waals surface area contributed by atoms with Crippen molar-refractivity contribution in [2.24, 2.45) is 0 Å². The van der Waals surface area contributed by atoms with E-state index in [-0.39, 0.29) is 24.8 Å². The number of hydrogen-bond acceptors (Lipinski definition) is 5. The predicted octanol–water partition coefficient (Wildman–Crippen LogP) is 0.837. The van der Waals surface area contributed by atoms with Crippen LogP contribution in [0.25, 0.3) is 0 Å². The van der Waals surface area contributed by atoms with Crippen LogP contribution in [0.3, 0.4) is 0 Å². The zero-order valence-electron chi connectivity index (χ0n) is 15.2. The Labute approximate surface area is 154 Å². The Balaban J connectivity index is 1.84. The summed E-state index contributed by atoms with van der Waals surface area (Å²) < 4.78 is 5.15. The van der Waals surface area contributed by atoms with Crippen molar-refractivity contribution in [2.45, 2.75) is 38.8 Å². The highest BCUT2D eigenvalue weighted by molar-refractivity contribution is 5.88. The fourth-order valence-electron chi connectivity index (χ4n) is 2.76. The first-order chi connectivity index (χ1) is 12.6. The topological polar surface area (TPSA) is 87.7 Å². The maximum Gasteiger partial charge on any atom is 0.307 e. The number of carbonyl (C=O) groups excluding carboxylic acids is 3. The minimum Gasteiger partial charge on any atom is -0.466 e. The second kappa shape index (κ2) is 10.6. The number of amides is 2. The fraction of sp³-hybridized carbons (Fsp3) is 0.526. The summed E-state index contributed by atoms with van der Waals surface area (Å²) in [5, 5.41) is 5.59. The molecule has 2 N–H and O–H groups in total. The molecular weight excluding hydrogens is 334 g/mol. The van der Waals surface area contributed by atoms with Crippen LogP contribution >= 0.6 is 0 Å². The van der Waals surface area contributed by atoms with E-state index in [1.807, 2.05) is 37.3 Å². The predicted molar refractivity (Wildman–Crippen MR) is 97.1 cm³/mol. The van der Waals surface area contributed by atoms with Crippen LogP contribution in [0.4, 0.5) is 0 Å². The Bertz CT molecular complexity index is 606. The first-order valence-electron chi connectivity index (χ1n) is 9.08. The number of piperazine rings is 1. The summed E-state index contributed by atoms with van der Waals surface area (Å²) >= 11 is 0. The van der Waals surface area contributed by atoms with E-state index in [1.54, 1.807) is 4.90 Å². The molecule has 1 aliphatic heterocycles. The summed E-state index contributed by atoms with van der Waals surface area (Å²) in [5.74, 6) is -0.817. The molecule has 1 aromatic carbocycles. The lowest BCUT2D eigenvalue weighted by Gasteiger charge is -2.33. The summed E-state index contributed by atoms with van der Waals surface area (Å²) in [6, 6.07) is 8.95. The van der Waals surface area contributed by atoms with E-state index >= 15 is 0 Å². The van der Waals surface area contributed by atoms with E-state index in [4.69, 9.17) is 4.74 Å². The molecule has 7 nitrogen and oxygen atoms in total. The lowest BCUT2D eigenvalue weighted by Crippen LogP contribution is -2.57. The Morgan fingerprint density at radius 2 is 2.08 bits per heavy atom. The van der Waals surface area contributed by atoms with Crippen LogP contribution in [0, 0.1) is 0 Å². The SMILES string of the molecule is CCCCOC(=O)CC1C(=O)NCCN1CC(=O)NCc1ccccc1. The van der Waals surface area contributed by atoms with Gasteiger partial charge in [0.05, 0.1) is 19.6 Å². The second-order valence-electron chi connectivity index (χ2n) is 6.32. The van der Waals surface area contributed by atoms with Crippen molar-refractivity contribution < 1.29 is 19.1 Å². The van der Waals surface area contributed by atoms with E-state index in [0.717, 1.165) is 18.4 Å². The molecule has 2 rings (SSSR count). The van der Waals surface area contributed by atoms with Gasteiger partial charge in [0, 0.05) is 19.6 Å². The van der Waals surface area contributed by atoms with Gasteiger partial charge >= 0.3 is 5.97 Å². The zero-order valence-corrected chi connectivity index (χ0v) is 15.2. The van der Waals surface area contributed by atoms with Crippen molar-refractivity contribution >= 4 is 17.8 Å². The number of rotatable bonds is 9. The van der Waals surface area contributed by atoms with Gasteiger partial charge in [0.1, 0.15) is 6.04 Å². The van der Waals surface area contributed by atoms with Gasteiger partial charge in [-0.1, -0.05) is 43.7 Å². The molecule has 1 unspecified atom stereocenters. The van der Waals surface area contributed by atoms with Crippen LogP contribution in [0.5, 0.6) is 0 Å². The standard InChI is InChI=1S/C19H27N3O4/c1-2-3-11-26-18(24)12-16-19(25)20-9-10-22(16)14-17(23)21-13-15-7-5-4-6-8-15/h4-8,16H,2-3,9-14H2,1H3,(H,20,25)(H,21,23). The number of nitrogens with zero attached hydrogens (tertiary/aromatic N) is 1. The summed E-state index contributed by atoms with van der Waals surface area (Å²) in [5.41, 5.74) is 1.01. The average Bonchev–Trinajstić information content (AvgIpc) is 2.64. The Hall–Kier alpha value is -2.41. The Morgan fingerprint density at radius 3 is 2.81 bits per heavy atom. The molecule has 0 spiro atoms. The van der Waals surface area contributed by atoms with E-state index in [9.17, 15) is 14.4 Å². The zero-order chi connectivity index (χ0) is 18.8. The normalized spacial score (nSPS) is 17.4. The van der Waals surface area contributed by atoms with E-state index in [0.29, 0.717) is 26.2 Å². The molecule has 1 aromatic rings. The van der Waals surface area contributed by atoms with Gasteiger partial charge in [-0.2, -0.15) is 0 Å². The van der Waals surface area contributed by atoms with Crippen molar-refractivity contribution in [3.05, 3.63) is 35.9 Å². The molecule has 2 amide bonds. The molecule has 7 heteroatoms. The number of hydrogen-bond donors (Lipinski definition) is 2. The monoisotopic (exact) mass is 361 g/mol. The second-order valence-corrected chi connectivity index (χ2v) is 6.32. The molecule has 0 aliphatic carbocycles. The molecule has 0 saturated carbocycles. The van der Waals surface area contributed by atoms with Crippen LogP contribution in [0.15, 0.2) is 30.3 Å². The fourth-order valence-corrected chi connectivity index (χ4v) is 2.76. The first-order valence-corrected chi connectivity index (χ1v) is 9.08. The highest BCUT2D eigenvalue weighted by Crippen LogP contribution is 2.10. The van der Waals surface area contributed by atoms with E-state index in [1.165, 1.54) is 0 Å². The summed E-state index contributed by atoms with van der Waals surface area (Å²) in [4.78, 5) is 38.1. The molecule has 0 bridgehead atoms. The van der Waals surface area contributed by atoms with Crippen LogP contribution in [0.1, 0.15) is 31.7 Å². The smallest absolute Gasteiger partial charge is 0.307 e. The third kappa shape index (κ3) is 6.48. The lowest BCUT2D eigenvalue weighted by atomic mass is 10.1. The van der Waals surface area contributed by atoms with Crippen molar-refractivity contribution in [1.82, 2.24) is 15.5 Å². The maximum atomic E-state index is 12.2. The van der Waals surface area contributed by atoms with Crippen molar-refractivity contribution in [3.8, 4) is 0 Å². The number of unbranched alkanes of at least 4 members (excludes halogenated alkanes) is 1.